The molecule has 0 radical (unpaired) electrons. The van der Waals surface area contributed by atoms with E-state index in [0.717, 1.165) is 36.1 Å². The summed E-state index contributed by atoms with van der Waals surface area (Å²) in [5, 5.41) is 15.0. The Labute approximate surface area is 134 Å². The third-order valence-corrected chi connectivity index (χ3v) is 5.86. The van der Waals surface area contributed by atoms with Crippen LogP contribution in [0.15, 0.2) is 35.0 Å². The van der Waals surface area contributed by atoms with Crippen LogP contribution >= 0.6 is 11.8 Å². The average molecular weight is 321 g/mol. The summed E-state index contributed by atoms with van der Waals surface area (Å²) in [4.78, 5) is 5.00. The van der Waals surface area contributed by atoms with Crippen LogP contribution in [0.5, 0.6) is 0 Å². The summed E-state index contributed by atoms with van der Waals surface area (Å²) in [6.45, 7) is 2.03. The Morgan fingerprint density at radius 1 is 1.41 bits per heavy atom. The third-order valence-electron chi connectivity index (χ3n) is 4.27. The van der Waals surface area contributed by atoms with Gasteiger partial charge in [0.2, 0.25) is 0 Å². The van der Waals surface area contributed by atoms with E-state index in [1.807, 2.05) is 30.8 Å². The molecule has 118 valence electrons. The first-order valence-corrected chi connectivity index (χ1v) is 8.51. The SMILES string of the molecule is CCC(=NOC)C1=C(c2ccc(F)cc2)CC2CC(O)C1S2. The fourth-order valence-corrected chi connectivity index (χ4v) is 5.02. The molecule has 3 nitrogen and oxygen atoms in total. The van der Waals surface area contributed by atoms with Crippen molar-refractivity contribution in [1.82, 2.24) is 0 Å². The van der Waals surface area contributed by atoms with Gasteiger partial charge in [-0.2, -0.15) is 0 Å². The van der Waals surface area contributed by atoms with E-state index < -0.39 is 0 Å². The van der Waals surface area contributed by atoms with E-state index >= 15 is 0 Å². The molecule has 3 unspecified atom stereocenters. The quantitative estimate of drug-likeness (QED) is 0.680. The Morgan fingerprint density at radius 3 is 2.77 bits per heavy atom. The van der Waals surface area contributed by atoms with Crippen molar-refractivity contribution in [3.05, 3.63) is 41.2 Å². The van der Waals surface area contributed by atoms with Crippen molar-refractivity contribution in [3.63, 3.8) is 0 Å². The predicted octanol–water partition coefficient (Wildman–Crippen LogP) is 3.63. The Morgan fingerprint density at radius 2 is 2.14 bits per heavy atom. The van der Waals surface area contributed by atoms with Crippen LogP contribution in [0, 0.1) is 5.82 Å². The molecule has 5 heteroatoms. The van der Waals surface area contributed by atoms with Crippen LogP contribution < -0.4 is 0 Å². The van der Waals surface area contributed by atoms with Crippen LogP contribution in [0.3, 0.4) is 0 Å². The van der Waals surface area contributed by atoms with Crippen LogP contribution in [0.2, 0.25) is 0 Å². The summed E-state index contributed by atoms with van der Waals surface area (Å²) in [5.41, 5.74) is 4.13. The second-order valence-corrected chi connectivity index (χ2v) is 7.11. The van der Waals surface area contributed by atoms with Gasteiger partial charge in [-0.15, -0.1) is 11.8 Å². The molecule has 1 fully saturated rings. The highest BCUT2D eigenvalue weighted by Gasteiger charge is 2.43. The molecule has 1 aromatic carbocycles. The van der Waals surface area contributed by atoms with Crippen molar-refractivity contribution in [2.24, 2.45) is 5.16 Å². The molecular weight excluding hydrogens is 301 g/mol. The van der Waals surface area contributed by atoms with Crippen LogP contribution in [0.1, 0.15) is 31.7 Å². The summed E-state index contributed by atoms with van der Waals surface area (Å²) < 4.78 is 13.2. The largest absolute Gasteiger partial charge is 0.399 e. The fourth-order valence-electron chi connectivity index (χ4n) is 3.32. The number of rotatable bonds is 4. The molecule has 0 spiro atoms. The van der Waals surface area contributed by atoms with Gasteiger partial charge in [0.15, 0.2) is 0 Å². The highest BCUT2D eigenvalue weighted by Crippen LogP contribution is 2.49. The molecule has 2 aliphatic heterocycles. The van der Waals surface area contributed by atoms with Crippen LogP contribution in [-0.2, 0) is 4.84 Å². The first-order chi connectivity index (χ1) is 10.6. The standard InChI is InChI=1S/C17H20FNO2S/c1-3-14(19-21-2)16-13(10-4-6-11(18)7-5-10)8-12-9-15(20)17(16)22-12/h4-7,12,15,17,20H,3,8-9H2,1-2H3. The summed E-state index contributed by atoms with van der Waals surface area (Å²) in [7, 11) is 1.54. The number of aliphatic hydroxyl groups excluding tert-OH is 1. The summed E-state index contributed by atoms with van der Waals surface area (Å²) in [5.74, 6) is -0.236. The van der Waals surface area contributed by atoms with Crippen molar-refractivity contribution >= 4 is 23.0 Å². The highest BCUT2D eigenvalue weighted by atomic mass is 32.2. The van der Waals surface area contributed by atoms with E-state index in [-0.39, 0.29) is 17.2 Å². The molecule has 0 aromatic heterocycles. The maximum absolute atomic E-state index is 13.2. The molecule has 2 aliphatic rings. The zero-order valence-electron chi connectivity index (χ0n) is 12.8. The maximum Gasteiger partial charge on any atom is 0.123 e. The minimum Gasteiger partial charge on any atom is -0.399 e. The van der Waals surface area contributed by atoms with Crippen molar-refractivity contribution < 1.29 is 14.3 Å². The molecule has 0 saturated carbocycles. The Hall–Kier alpha value is -1.33. The molecule has 2 bridgehead atoms. The van der Waals surface area contributed by atoms with Gasteiger partial charge < -0.3 is 9.94 Å². The van der Waals surface area contributed by atoms with Crippen molar-refractivity contribution in [3.8, 4) is 0 Å². The van der Waals surface area contributed by atoms with Crippen LogP contribution in [-0.4, -0.2) is 34.5 Å². The van der Waals surface area contributed by atoms with Crippen LogP contribution in [0.4, 0.5) is 4.39 Å². The zero-order valence-corrected chi connectivity index (χ0v) is 13.6. The number of thioether (sulfide) groups is 1. The average Bonchev–Trinajstić information content (AvgIpc) is 2.81. The number of hydrogen-bond donors (Lipinski definition) is 1. The lowest BCUT2D eigenvalue weighted by Gasteiger charge is -2.27. The minimum atomic E-state index is -0.350. The first kappa shape index (κ1) is 15.6. The number of nitrogens with zero attached hydrogens (tertiary/aromatic N) is 1. The fraction of sp³-hybridized carbons (Fsp3) is 0.471. The van der Waals surface area contributed by atoms with Gasteiger partial charge >= 0.3 is 0 Å². The second kappa shape index (κ2) is 6.42. The molecular formula is C17H20FNO2S. The van der Waals surface area contributed by atoms with Gasteiger partial charge in [0, 0.05) is 5.25 Å². The van der Waals surface area contributed by atoms with Crippen molar-refractivity contribution in [1.29, 1.82) is 0 Å². The Balaban J connectivity index is 2.12. The number of oxime groups is 1. The van der Waals surface area contributed by atoms with Crippen molar-refractivity contribution in [2.45, 2.75) is 42.8 Å². The molecule has 0 amide bonds. The Bertz CT molecular complexity index is 612. The van der Waals surface area contributed by atoms with Gasteiger partial charge in [0.25, 0.3) is 0 Å². The zero-order chi connectivity index (χ0) is 15.7. The third kappa shape index (κ3) is 2.79. The molecule has 22 heavy (non-hydrogen) atoms. The van der Waals surface area contributed by atoms with Crippen LogP contribution in [0.25, 0.3) is 5.57 Å². The molecule has 1 aromatic rings. The lowest BCUT2D eigenvalue weighted by atomic mass is 9.91. The first-order valence-electron chi connectivity index (χ1n) is 7.57. The molecule has 0 aliphatic carbocycles. The summed E-state index contributed by atoms with van der Waals surface area (Å²) in [6, 6.07) is 6.59. The normalized spacial score (nSPS) is 28.2. The number of halogens is 1. The number of fused-ring (bicyclic) bond motifs is 2. The van der Waals surface area contributed by atoms with E-state index in [2.05, 4.69) is 5.16 Å². The van der Waals surface area contributed by atoms with Gasteiger partial charge in [-0.3, -0.25) is 0 Å². The van der Waals surface area contributed by atoms with E-state index in [1.54, 1.807) is 0 Å². The number of benzene rings is 1. The maximum atomic E-state index is 13.2. The van der Waals surface area contributed by atoms with Gasteiger partial charge in [-0.05, 0) is 48.1 Å². The molecule has 3 rings (SSSR count). The van der Waals surface area contributed by atoms with E-state index in [9.17, 15) is 9.50 Å². The van der Waals surface area contributed by atoms with Crippen molar-refractivity contribution in [2.75, 3.05) is 7.11 Å². The monoisotopic (exact) mass is 321 g/mol. The summed E-state index contributed by atoms with van der Waals surface area (Å²) >= 11 is 1.82. The summed E-state index contributed by atoms with van der Waals surface area (Å²) in [6.07, 6.45) is 2.06. The number of allylic oxidation sites excluding steroid dienone is 1. The van der Waals surface area contributed by atoms with Gasteiger partial charge in [-0.1, -0.05) is 24.2 Å². The molecule has 1 saturated heterocycles. The lowest BCUT2D eigenvalue weighted by Crippen LogP contribution is -2.26. The van der Waals surface area contributed by atoms with E-state index in [0.29, 0.717) is 5.25 Å². The number of hydrogen-bond acceptors (Lipinski definition) is 4. The topological polar surface area (TPSA) is 41.8 Å². The van der Waals surface area contributed by atoms with Gasteiger partial charge in [0.05, 0.1) is 17.1 Å². The molecule has 2 heterocycles. The highest BCUT2D eigenvalue weighted by molar-refractivity contribution is 8.01. The van der Waals surface area contributed by atoms with E-state index in [1.165, 1.54) is 24.8 Å². The van der Waals surface area contributed by atoms with E-state index in [4.69, 9.17) is 4.84 Å². The predicted molar refractivity (Wildman–Crippen MR) is 88.5 cm³/mol. The number of aliphatic hydroxyl groups is 1. The Kier molecular flexibility index (Phi) is 4.54. The van der Waals surface area contributed by atoms with Gasteiger partial charge in [-0.25, -0.2) is 4.39 Å². The van der Waals surface area contributed by atoms with Gasteiger partial charge in [0.1, 0.15) is 12.9 Å². The smallest absolute Gasteiger partial charge is 0.123 e. The minimum absolute atomic E-state index is 0.0349. The lowest BCUT2D eigenvalue weighted by molar-refractivity contribution is 0.181. The molecule has 1 N–H and O–H groups in total. The second-order valence-electron chi connectivity index (χ2n) is 5.66. The molecule has 3 atom stereocenters.